The first kappa shape index (κ1) is 12.3. The van der Waals surface area contributed by atoms with E-state index in [1.807, 2.05) is 13.0 Å². The smallest absolute Gasteiger partial charge is 0.239 e. The van der Waals surface area contributed by atoms with E-state index in [-0.39, 0.29) is 11.8 Å². The first-order valence-electron chi connectivity index (χ1n) is 4.45. The Hall–Kier alpha value is -0.740. The summed E-state index contributed by atoms with van der Waals surface area (Å²) in [4.78, 5) is 11.1. The molecule has 15 heavy (non-hydrogen) atoms. The van der Waals surface area contributed by atoms with Gasteiger partial charge in [-0.25, -0.2) is 0 Å². The highest BCUT2D eigenvalue weighted by Crippen LogP contribution is 2.28. The molecule has 3 nitrogen and oxygen atoms in total. The molecule has 0 aromatic heterocycles. The number of halogens is 2. The van der Waals surface area contributed by atoms with Gasteiger partial charge in [0.25, 0.3) is 0 Å². The number of carbonyl (C=O) groups excluding carboxylic acids is 1. The van der Waals surface area contributed by atoms with Crippen LogP contribution < -0.4 is 10.1 Å². The largest absolute Gasteiger partial charge is 0.492 e. The summed E-state index contributed by atoms with van der Waals surface area (Å²) in [5.41, 5.74) is 0.630. The number of carbonyl (C=O) groups is 1. The van der Waals surface area contributed by atoms with Crippen molar-refractivity contribution in [3.05, 3.63) is 22.7 Å². The molecule has 0 saturated carbocycles. The molecule has 0 aliphatic rings. The number of alkyl halides is 1. The van der Waals surface area contributed by atoms with Crippen molar-refractivity contribution in [3.63, 3.8) is 0 Å². The van der Waals surface area contributed by atoms with Gasteiger partial charge in [0.05, 0.1) is 12.3 Å². The highest BCUT2D eigenvalue weighted by Gasteiger charge is 2.07. The molecule has 0 aliphatic heterocycles. The lowest BCUT2D eigenvalue weighted by molar-refractivity contribution is -0.113. The van der Waals surface area contributed by atoms with Gasteiger partial charge in [0.15, 0.2) is 0 Å². The van der Waals surface area contributed by atoms with Crippen LogP contribution in [-0.2, 0) is 4.79 Å². The molecule has 1 N–H and O–H groups in total. The van der Waals surface area contributed by atoms with Gasteiger partial charge in [-0.05, 0) is 25.1 Å². The molecule has 0 unspecified atom stereocenters. The van der Waals surface area contributed by atoms with Gasteiger partial charge in [0.2, 0.25) is 5.91 Å². The van der Waals surface area contributed by atoms with Crippen molar-refractivity contribution in [3.8, 4) is 5.75 Å². The average Bonchev–Trinajstić information content (AvgIpc) is 2.22. The van der Waals surface area contributed by atoms with Gasteiger partial charge in [-0.1, -0.05) is 15.9 Å². The summed E-state index contributed by atoms with van der Waals surface area (Å²) in [6.07, 6.45) is 0. The quantitative estimate of drug-likeness (QED) is 0.866. The van der Waals surface area contributed by atoms with Crippen molar-refractivity contribution in [2.45, 2.75) is 6.92 Å². The molecule has 0 heterocycles. The number of ether oxygens (including phenoxy) is 1. The summed E-state index contributed by atoms with van der Waals surface area (Å²) in [5.74, 6) is 0.312. The van der Waals surface area contributed by atoms with Crippen LogP contribution in [0.25, 0.3) is 0 Å². The van der Waals surface area contributed by atoms with Gasteiger partial charge >= 0.3 is 0 Å². The second-order valence-electron chi connectivity index (χ2n) is 2.76. The van der Waals surface area contributed by atoms with Gasteiger partial charge in [-0.3, -0.25) is 4.79 Å². The van der Waals surface area contributed by atoms with Crippen molar-refractivity contribution >= 4 is 39.1 Å². The Labute approximate surface area is 102 Å². The molecule has 5 heteroatoms. The summed E-state index contributed by atoms with van der Waals surface area (Å²) < 4.78 is 6.27. The number of rotatable bonds is 4. The molecule has 0 fully saturated rings. The minimum atomic E-state index is -0.250. The Morgan fingerprint density at radius 1 is 1.60 bits per heavy atom. The fourth-order valence-electron chi connectivity index (χ4n) is 1.06. The minimum absolute atomic E-state index is 0.0678. The van der Waals surface area contributed by atoms with Crippen LogP contribution in [-0.4, -0.2) is 18.4 Å². The average molecular weight is 293 g/mol. The molecule has 82 valence electrons. The SMILES string of the molecule is CCOc1cc(Br)ccc1NC(=O)CCl. The Morgan fingerprint density at radius 2 is 2.33 bits per heavy atom. The molecule has 0 bridgehead atoms. The zero-order valence-corrected chi connectivity index (χ0v) is 10.6. The maximum Gasteiger partial charge on any atom is 0.239 e. The van der Waals surface area contributed by atoms with E-state index in [2.05, 4.69) is 21.2 Å². The van der Waals surface area contributed by atoms with Crippen molar-refractivity contribution in [2.24, 2.45) is 0 Å². The van der Waals surface area contributed by atoms with Crippen LogP contribution >= 0.6 is 27.5 Å². The lowest BCUT2D eigenvalue weighted by Crippen LogP contribution is -2.13. The van der Waals surface area contributed by atoms with Crippen LogP contribution in [0.5, 0.6) is 5.75 Å². The summed E-state index contributed by atoms with van der Waals surface area (Å²) in [6, 6.07) is 5.39. The van der Waals surface area contributed by atoms with Crippen LogP contribution in [0.2, 0.25) is 0 Å². The molecule has 1 rings (SSSR count). The third kappa shape index (κ3) is 3.72. The lowest BCUT2D eigenvalue weighted by Gasteiger charge is -2.10. The Morgan fingerprint density at radius 3 is 2.93 bits per heavy atom. The highest BCUT2D eigenvalue weighted by atomic mass is 79.9. The Balaban J connectivity index is 2.89. The predicted molar refractivity (Wildman–Crippen MR) is 64.7 cm³/mol. The maximum absolute atomic E-state index is 11.1. The minimum Gasteiger partial charge on any atom is -0.492 e. The molecule has 1 aromatic carbocycles. The molecule has 1 aromatic rings. The number of hydrogen-bond acceptors (Lipinski definition) is 2. The summed E-state index contributed by atoms with van der Waals surface area (Å²) >= 11 is 8.73. The van der Waals surface area contributed by atoms with Crippen LogP contribution in [0.3, 0.4) is 0 Å². The molecule has 0 atom stereocenters. The van der Waals surface area contributed by atoms with Crippen LogP contribution in [0.1, 0.15) is 6.92 Å². The van der Waals surface area contributed by atoms with Crippen molar-refractivity contribution in [1.82, 2.24) is 0 Å². The van der Waals surface area contributed by atoms with E-state index in [4.69, 9.17) is 16.3 Å². The van der Waals surface area contributed by atoms with Gasteiger partial charge in [0.1, 0.15) is 11.6 Å². The molecule has 1 amide bonds. The second kappa shape index (κ2) is 5.98. The molecule has 0 spiro atoms. The van der Waals surface area contributed by atoms with E-state index >= 15 is 0 Å². The van der Waals surface area contributed by atoms with E-state index in [9.17, 15) is 4.79 Å². The van der Waals surface area contributed by atoms with Crippen LogP contribution in [0.4, 0.5) is 5.69 Å². The highest BCUT2D eigenvalue weighted by molar-refractivity contribution is 9.10. The monoisotopic (exact) mass is 291 g/mol. The lowest BCUT2D eigenvalue weighted by atomic mass is 10.3. The fraction of sp³-hybridized carbons (Fsp3) is 0.300. The zero-order chi connectivity index (χ0) is 11.3. The van der Waals surface area contributed by atoms with Gasteiger partial charge in [-0.2, -0.15) is 0 Å². The van der Waals surface area contributed by atoms with Gasteiger partial charge in [0, 0.05) is 4.47 Å². The van der Waals surface area contributed by atoms with Gasteiger partial charge < -0.3 is 10.1 Å². The first-order chi connectivity index (χ1) is 7.17. The van der Waals surface area contributed by atoms with Crippen molar-refractivity contribution < 1.29 is 9.53 Å². The zero-order valence-electron chi connectivity index (χ0n) is 8.22. The van der Waals surface area contributed by atoms with E-state index in [1.54, 1.807) is 12.1 Å². The number of amides is 1. The number of hydrogen-bond donors (Lipinski definition) is 1. The summed E-state index contributed by atoms with van der Waals surface area (Å²) in [6.45, 7) is 2.42. The van der Waals surface area contributed by atoms with E-state index in [0.29, 0.717) is 18.0 Å². The van der Waals surface area contributed by atoms with Crippen molar-refractivity contribution in [1.29, 1.82) is 0 Å². The van der Waals surface area contributed by atoms with Crippen LogP contribution in [0.15, 0.2) is 22.7 Å². The fourth-order valence-corrected chi connectivity index (χ4v) is 1.46. The topological polar surface area (TPSA) is 38.3 Å². The Kier molecular flexibility index (Phi) is 4.91. The van der Waals surface area contributed by atoms with E-state index in [1.165, 1.54) is 0 Å². The predicted octanol–water partition coefficient (Wildman–Crippen LogP) is 3.03. The molecule has 0 aliphatic carbocycles. The second-order valence-corrected chi connectivity index (χ2v) is 3.94. The number of anilines is 1. The molecular weight excluding hydrogens is 281 g/mol. The summed E-state index contributed by atoms with van der Waals surface area (Å²) in [5, 5.41) is 2.66. The van der Waals surface area contributed by atoms with Gasteiger partial charge in [-0.15, -0.1) is 11.6 Å². The standard InChI is InChI=1S/C10H11BrClNO2/c1-2-15-9-5-7(11)3-4-8(9)13-10(14)6-12/h3-5H,2,6H2,1H3,(H,13,14). The van der Waals surface area contributed by atoms with Crippen molar-refractivity contribution in [2.75, 3.05) is 17.8 Å². The molecule has 0 radical (unpaired) electrons. The maximum atomic E-state index is 11.1. The Bertz CT molecular complexity index is 357. The van der Waals surface area contributed by atoms with Crippen LogP contribution in [0, 0.1) is 0 Å². The third-order valence-electron chi connectivity index (χ3n) is 1.64. The third-order valence-corrected chi connectivity index (χ3v) is 2.37. The van der Waals surface area contributed by atoms with E-state index < -0.39 is 0 Å². The normalized spacial score (nSPS) is 9.80. The number of nitrogens with one attached hydrogen (secondary N) is 1. The van der Waals surface area contributed by atoms with E-state index in [0.717, 1.165) is 4.47 Å². The number of benzene rings is 1. The first-order valence-corrected chi connectivity index (χ1v) is 5.78. The molecular formula is C10H11BrClNO2. The molecule has 0 saturated heterocycles. The summed E-state index contributed by atoms with van der Waals surface area (Å²) in [7, 11) is 0.